The smallest absolute Gasteiger partial charge is 0.202 e. The van der Waals surface area contributed by atoms with E-state index >= 15 is 0 Å². The van der Waals surface area contributed by atoms with Crippen LogP contribution in [0.15, 0.2) is 0 Å². The van der Waals surface area contributed by atoms with E-state index in [1.807, 2.05) is 0 Å². The Morgan fingerprint density at radius 3 is 2.44 bits per heavy atom. The molecule has 1 aliphatic carbocycles. The summed E-state index contributed by atoms with van der Waals surface area (Å²) < 4.78 is 28.7. The van der Waals surface area contributed by atoms with Crippen LogP contribution in [0.5, 0.6) is 0 Å². The van der Waals surface area contributed by atoms with E-state index in [-0.39, 0.29) is 0 Å². The van der Waals surface area contributed by atoms with Gasteiger partial charge in [0.05, 0.1) is 0 Å². The van der Waals surface area contributed by atoms with Gasteiger partial charge in [-0.3, -0.25) is 0 Å². The standard InChI is InChI=1S/C12H23BrN2O2S/c1-10-4-6-15(7-5-10)18(16,17)14-9-11-2-3-12(13)8-11/h10-12,14H,2-9H2,1H3. The Kier molecular flexibility index (Phi) is 5.08. The Balaban J connectivity index is 1.80. The molecule has 106 valence electrons. The third kappa shape index (κ3) is 3.92. The molecule has 2 atom stereocenters. The van der Waals surface area contributed by atoms with Crippen molar-refractivity contribution in [1.82, 2.24) is 9.03 Å². The number of hydrogen-bond donors (Lipinski definition) is 1. The van der Waals surface area contributed by atoms with Gasteiger partial charge in [-0.05, 0) is 43.9 Å². The third-order valence-electron chi connectivity index (χ3n) is 4.11. The van der Waals surface area contributed by atoms with Crippen molar-refractivity contribution >= 4 is 26.1 Å². The van der Waals surface area contributed by atoms with E-state index in [0.29, 0.717) is 36.3 Å². The first kappa shape index (κ1) is 14.8. The Morgan fingerprint density at radius 2 is 1.89 bits per heavy atom. The summed E-state index contributed by atoms with van der Waals surface area (Å²) in [5, 5.41) is 0. The number of hydrogen-bond acceptors (Lipinski definition) is 2. The lowest BCUT2D eigenvalue weighted by atomic mass is 10.0. The SMILES string of the molecule is CC1CCN(S(=O)(=O)NCC2CCC(Br)C2)CC1. The first-order valence-electron chi connectivity index (χ1n) is 6.86. The van der Waals surface area contributed by atoms with E-state index in [9.17, 15) is 8.42 Å². The second-order valence-electron chi connectivity index (χ2n) is 5.71. The quantitative estimate of drug-likeness (QED) is 0.798. The molecule has 2 aliphatic rings. The van der Waals surface area contributed by atoms with Crippen molar-refractivity contribution in [3.8, 4) is 0 Å². The topological polar surface area (TPSA) is 49.4 Å². The van der Waals surface area contributed by atoms with E-state index in [1.54, 1.807) is 4.31 Å². The molecule has 1 saturated heterocycles. The van der Waals surface area contributed by atoms with Crippen LogP contribution in [0.1, 0.15) is 39.0 Å². The van der Waals surface area contributed by atoms with Gasteiger partial charge in [0.2, 0.25) is 0 Å². The summed E-state index contributed by atoms with van der Waals surface area (Å²) in [5.41, 5.74) is 0. The summed E-state index contributed by atoms with van der Waals surface area (Å²) in [5.74, 6) is 1.15. The molecule has 0 spiro atoms. The van der Waals surface area contributed by atoms with E-state index in [1.165, 1.54) is 0 Å². The number of piperidine rings is 1. The molecule has 2 fully saturated rings. The van der Waals surface area contributed by atoms with Gasteiger partial charge in [-0.2, -0.15) is 12.7 Å². The summed E-state index contributed by atoms with van der Waals surface area (Å²) in [4.78, 5) is 0.572. The van der Waals surface area contributed by atoms with Gasteiger partial charge in [0, 0.05) is 24.5 Å². The molecule has 0 bridgehead atoms. The summed E-state index contributed by atoms with van der Waals surface area (Å²) in [6.45, 7) is 4.12. The van der Waals surface area contributed by atoms with Crippen molar-refractivity contribution in [3.05, 3.63) is 0 Å². The average Bonchev–Trinajstić information content (AvgIpc) is 2.73. The lowest BCUT2D eigenvalue weighted by Gasteiger charge is -2.29. The van der Waals surface area contributed by atoms with Crippen LogP contribution < -0.4 is 4.72 Å². The van der Waals surface area contributed by atoms with Crippen molar-refractivity contribution in [2.75, 3.05) is 19.6 Å². The largest absolute Gasteiger partial charge is 0.279 e. The summed E-state index contributed by atoms with van der Waals surface area (Å²) in [6, 6.07) is 0. The maximum Gasteiger partial charge on any atom is 0.279 e. The van der Waals surface area contributed by atoms with Gasteiger partial charge in [0.25, 0.3) is 10.2 Å². The van der Waals surface area contributed by atoms with Crippen LogP contribution in [0.2, 0.25) is 0 Å². The van der Waals surface area contributed by atoms with Crippen molar-refractivity contribution in [3.63, 3.8) is 0 Å². The van der Waals surface area contributed by atoms with Gasteiger partial charge in [-0.25, -0.2) is 4.72 Å². The summed E-state index contributed by atoms with van der Waals surface area (Å²) in [7, 11) is -3.24. The molecule has 1 aliphatic heterocycles. The number of nitrogens with one attached hydrogen (secondary N) is 1. The normalized spacial score (nSPS) is 31.9. The predicted octanol–water partition coefficient (Wildman–Crippen LogP) is 2.12. The van der Waals surface area contributed by atoms with Gasteiger partial charge in [-0.15, -0.1) is 0 Å². The molecule has 0 aromatic heterocycles. The number of alkyl halides is 1. The van der Waals surface area contributed by atoms with Gasteiger partial charge < -0.3 is 0 Å². The molecule has 2 unspecified atom stereocenters. The Morgan fingerprint density at radius 1 is 1.22 bits per heavy atom. The molecular weight excluding hydrogens is 316 g/mol. The Labute approximate surface area is 119 Å². The lowest BCUT2D eigenvalue weighted by molar-refractivity contribution is 0.284. The summed E-state index contributed by atoms with van der Waals surface area (Å²) in [6.07, 6.45) is 5.32. The minimum Gasteiger partial charge on any atom is -0.202 e. The molecule has 0 amide bonds. The number of halogens is 1. The zero-order valence-electron chi connectivity index (χ0n) is 10.9. The molecule has 1 heterocycles. The fraction of sp³-hybridized carbons (Fsp3) is 1.00. The molecule has 1 N–H and O–H groups in total. The molecular formula is C12H23BrN2O2S. The van der Waals surface area contributed by atoms with E-state index in [2.05, 4.69) is 27.6 Å². The van der Waals surface area contributed by atoms with Crippen LogP contribution in [0, 0.1) is 11.8 Å². The first-order chi connectivity index (χ1) is 8.47. The maximum atomic E-state index is 12.1. The van der Waals surface area contributed by atoms with Gasteiger partial charge >= 0.3 is 0 Å². The molecule has 6 heteroatoms. The van der Waals surface area contributed by atoms with Crippen molar-refractivity contribution in [2.24, 2.45) is 11.8 Å². The number of nitrogens with zero attached hydrogens (tertiary/aromatic N) is 1. The first-order valence-corrected chi connectivity index (χ1v) is 9.22. The van der Waals surface area contributed by atoms with Crippen molar-refractivity contribution < 1.29 is 8.42 Å². The van der Waals surface area contributed by atoms with Gasteiger partial charge in [-0.1, -0.05) is 22.9 Å². The van der Waals surface area contributed by atoms with E-state index in [0.717, 1.165) is 32.1 Å². The highest BCUT2D eigenvalue weighted by Crippen LogP contribution is 2.30. The number of rotatable bonds is 4. The van der Waals surface area contributed by atoms with Crippen molar-refractivity contribution in [2.45, 2.75) is 43.9 Å². The lowest BCUT2D eigenvalue weighted by Crippen LogP contribution is -2.45. The fourth-order valence-corrected chi connectivity index (χ4v) is 4.85. The Hall–Kier alpha value is 0.350. The molecule has 18 heavy (non-hydrogen) atoms. The van der Waals surface area contributed by atoms with Crippen LogP contribution in [0.25, 0.3) is 0 Å². The predicted molar refractivity (Wildman–Crippen MR) is 76.9 cm³/mol. The second kappa shape index (κ2) is 6.20. The van der Waals surface area contributed by atoms with Crippen LogP contribution >= 0.6 is 15.9 Å². The van der Waals surface area contributed by atoms with Gasteiger partial charge in [0.15, 0.2) is 0 Å². The van der Waals surface area contributed by atoms with Crippen LogP contribution in [0.4, 0.5) is 0 Å². The third-order valence-corrected chi connectivity index (χ3v) is 6.52. The molecule has 0 radical (unpaired) electrons. The zero-order valence-corrected chi connectivity index (χ0v) is 13.3. The van der Waals surface area contributed by atoms with Crippen LogP contribution in [-0.4, -0.2) is 37.2 Å². The van der Waals surface area contributed by atoms with Gasteiger partial charge in [0.1, 0.15) is 0 Å². The van der Waals surface area contributed by atoms with E-state index < -0.39 is 10.2 Å². The molecule has 1 saturated carbocycles. The Bertz CT molecular complexity index is 366. The average molecular weight is 339 g/mol. The molecule has 4 nitrogen and oxygen atoms in total. The highest BCUT2D eigenvalue weighted by molar-refractivity contribution is 9.09. The molecule has 2 rings (SSSR count). The monoisotopic (exact) mass is 338 g/mol. The van der Waals surface area contributed by atoms with Crippen LogP contribution in [-0.2, 0) is 10.2 Å². The van der Waals surface area contributed by atoms with E-state index in [4.69, 9.17) is 0 Å². The minimum atomic E-state index is -3.24. The van der Waals surface area contributed by atoms with Crippen molar-refractivity contribution in [1.29, 1.82) is 0 Å². The second-order valence-corrected chi connectivity index (χ2v) is 8.76. The fourth-order valence-electron chi connectivity index (χ4n) is 2.74. The molecule has 0 aromatic rings. The van der Waals surface area contributed by atoms with Crippen LogP contribution in [0.3, 0.4) is 0 Å². The molecule has 0 aromatic carbocycles. The maximum absolute atomic E-state index is 12.1. The minimum absolute atomic E-state index is 0.493. The zero-order chi connectivity index (χ0) is 13.2. The summed E-state index contributed by atoms with van der Waals surface area (Å²) >= 11 is 3.59. The highest BCUT2D eigenvalue weighted by Gasteiger charge is 2.28. The highest BCUT2D eigenvalue weighted by atomic mass is 79.9.